The lowest BCUT2D eigenvalue weighted by atomic mass is 10.1. The molecule has 1 aromatic carbocycles. The zero-order valence-corrected chi connectivity index (χ0v) is 21.3. The molecule has 0 unspecified atom stereocenters. The van der Waals surface area contributed by atoms with Crippen molar-refractivity contribution >= 4 is 29.9 Å². The number of aliphatic imine (C=N–C) groups is 1. The molecule has 1 aromatic heterocycles. The lowest BCUT2D eigenvalue weighted by molar-refractivity contribution is 0.0497. The van der Waals surface area contributed by atoms with Crippen molar-refractivity contribution in [2.75, 3.05) is 46.1 Å². The summed E-state index contributed by atoms with van der Waals surface area (Å²) in [4.78, 5) is 9.11. The van der Waals surface area contributed by atoms with Crippen LogP contribution in [0.25, 0.3) is 11.5 Å². The van der Waals surface area contributed by atoms with Crippen molar-refractivity contribution in [3.05, 3.63) is 41.8 Å². The minimum absolute atomic E-state index is 0. The van der Waals surface area contributed by atoms with Gasteiger partial charge in [-0.2, -0.15) is 0 Å². The SMILES string of the molecule is CCCCOCCOCCN=C(NCC)NCCc1coc(-c2ccc(C)cc2)n1.I. The number of aromatic nitrogens is 1. The Morgan fingerprint density at radius 3 is 2.48 bits per heavy atom. The van der Waals surface area contributed by atoms with Crippen LogP contribution in [0.3, 0.4) is 0 Å². The molecule has 0 aliphatic heterocycles. The van der Waals surface area contributed by atoms with Gasteiger partial charge < -0.3 is 24.5 Å². The van der Waals surface area contributed by atoms with Gasteiger partial charge >= 0.3 is 0 Å². The summed E-state index contributed by atoms with van der Waals surface area (Å²) in [5, 5.41) is 6.57. The summed E-state index contributed by atoms with van der Waals surface area (Å²) < 4.78 is 16.6. The van der Waals surface area contributed by atoms with Crippen molar-refractivity contribution in [1.29, 1.82) is 0 Å². The Kier molecular flexibility index (Phi) is 15.0. The van der Waals surface area contributed by atoms with Crippen molar-refractivity contribution in [3.8, 4) is 11.5 Å². The molecule has 0 saturated heterocycles. The molecule has 31 heavy (non-hydrogen) atoms. The van der Waals surface area contributed by atoms with E-state index in [-0.39, 0.29) is 24.0 Å². The summed E-state index contributed by atoms with van der Waals surface area (Å²) in [6.07, 6.45) is 4.73. The maximum Gasteiger partial charge on any atom is 0.226 e. The van der Waals surface area contributed by atoms with E-state index >= 15 is 0 Å². The Labute approximate surface area is 203 Å². The fraction of sp³-hybridized carbons (Fsp3) is 0.565. The van der Waals surface area contributed by atoms with Gasteiger partial charge in [-0.3, -0.25) is 4.99 Å². The van der Waals surface area contributed by atoms with Crippen LogP contribution in [0, 0.1) is 6.92 Å². The van der Waals surface area contributed by atoms with Gasteiger partial charge in [-0.05, 0) is 32.4 Å². The molecule has 0 fully saturated rings. The summed E-state index contributed by atoms with van der Waals surface area (Å²) in [5.41, 5.74) is 3.13. The predicted molar refractivity (Wildman–Crippen MR) is 136 cm³/mol. The van der Waals surface area contributed by atoms with E-state index in [1.165, 1.54) is 5.56 Å². The number of hydrogen-bond donors (Lipinski definition) is 2. The van der Waals surface area contributed by atoms with Crippen molar-refractivity contribution in [3.63, 3.8) is 0 Å². The van der Waals surface area contributed by atoms with Crippen LogP contribution in [0.15, 0.2) is 39.9 Å². The van der Waals surface area contributed by atoms with E-state index in [2.05, 4.69) is 46.6 Å². The molecule has 0 bridgehead atoms. The Morgan fingerprint density at radius 2 is 1.77 bits per heavy atom. The van der Waals surface area contributed by atoms with Crippen LogP contribution in [0.2, 0.25) is 0 Å². The lowest BCUT2D eigenvalue weighted by Gasteiger charge is -2.10. The van der Waals surface area contributed by atoms with Gasteiger partial charge in [0.2, 0.25) is 5.89 Å². The number of benzene rings is 1. The maximum atomic E-state index is 5.62. The van der Waals surface area contributed by atoms with E-state index in [0.29, 0.717) is 32.3 Å². The number of hydrogen-bond acceptors (Lipinski definition) is 5. The van der Waals surface area contributed by atoms with Crippen LogP contribution in [-0.4, -0.2) is 57.0 Å². The first-order valence-corrected chi connectivity index (χ1v) is 10.9. The van der Waals surface area contributed by atoms with E-state index in [4.69, 9.17) is 13.9 Å². The van der Waals surface area contributed by atoms with E-state index < -0.39 is 0 Å². The average molecular weight is 544 g/mol. The fourth-order valence-corrected chi connectivity index (χ4v) is 2.69. The zero-order chi connectivity index (χ0) is 21.4. The largest absolute Gasteiger partial charge is 0.444 e. The molecule has 1 heterocycles. The Bertz CT molecular complexity index is 735. The number of nitrogens with one attached hydrogen (secondary N) is 2. The van der Waals surface area contributed by atoms with E-state index in [1.807, 2.05) is 19.1 Å². The van der Waals surface area contributed by atoms with E-state index in [0.717, 1.165) is 56.2 Å². The van der Waals surface area contributed by atoms with Gasteiger partial charge in [0, 0.05) is 31.7 Å². The first-order valence-electron chi connectivity index (χ1n) is 10.9. The van der Waals surface area contributed by atoms with Gasteiger partial charge in [0.05, 0.1) is 32.1 Å². The van der Waals surface area contributed by atoms with Crippen molar-refractivity contribution in [2.24, 2.45) is 4.99 Å². The Morgan fingerprint density at radius 1 is 1.03 bits per heavy atom. The molecule has 0 atom stereocenters. The fourth-order valence-electron chi connectivity index (χ4n) is 2.69. The second-order valence-electron chi connectivity index (χ2n) is 7.03. The van der Waals surface area contributed by atoms with E-state index in [9.17, 15) is 0 Å². The van der Waals surface area contributed by atoms with Gasteiger partial charge in [0.1, 0.15) is 6.26 Å². The maximum absolute atomic E-state index is 5.62. The van der Waals surface area contributed by atoms with Gasteiger partial charge in [-0.15, -0.1) is 24.0 Å². The summed E-state index contributed by atoms with van der Waals surface area (Å²) in [5.74, 6) is 1.43. The highest BCUT2D eigenvalue weighted by Gasteiger charge is 2.07. The van der Waals surface area contributed by atoms with Crippen LogP contribution < -0.4 is 10.6 Å². The molecule has 0 aliphatic carbocycles. The minimum atomic E-state index is 0. The predicted octanol–water partition coefficient (Wildman–Crippen LogP) is 4.20. The summed E-state index contributed by atoms with van der Waals surface area (Å²) in [6, 6.07) is 8.17. The molecular weight excluding hydrogens is 507 g/mol. The first kappa shape index (κ1) is 27.4. The smallest absolute Gasteiger partial charge is 0.226 e. The van der Waals surface area contributed by atoms with Crippen LogP contribution in [0.4, 0.5) is 0 Å². The quantitative estimate of drug-likeness (QED) is 0.161. The van der Waals surface area contributed by atoms with Crippen LogP contribution in [0.1, 0.15) is 37.9 Å². The minimum Gasteiger partial charge on any atom is -0.444 e. The highest BCUT2D eigenvalue weighted by Crippen LogP contribution is 2.19. The number of ether oxygens (including phenoxy) is 2. The number of guanidine groups is 1. The Hall–Kier alpha value is -1.65. The lowest BCUT2D eigenvalue weighted by Crippen LogP contribution is -2.38. The van der Waals surface area contributed by atoms with Crippen molar-refractivity contribution < 1.29 is 13.9 Å². The molecule has 0 radical (unpaired) electrons. The number of unbranched alkanes of at least 4 members (excludes halogenated alkanes) is 1. The Balaban J connectivity index is 0.00000480. The molecule has 0 saturated carbocycles. The average Bonchev–Trinajstić information content (AvgIpc) is 3.22. The summed E-state index contributed by atoms with van der Waals surface area (Å²) >= 11 is 0. The van der Waals surface area contributed by atoms with Crippen LogP contribution in [0.5, 0.6) is 0 Å². The standard InChI is InChI=1S/C23H36N4O3.HI/c1-4-6-14-28-16-17-29-15-13-26-23(24-5-2)25-12-11-21-18-30-22(27-21)20-9-7-19(3)8-10-20;/h7-10,18H,4-6,11-17H2,1-3H3,(H2,24,25,26);1H. The normalized spacial score (nSPS) is 11.3. The zero-order valence-electron chi connectivity index (χ0n) is 19.0. The molecule has 0 aliphatic rings. The van der Waals surface area contributed by atoms with Gasteiger partial charge in [0.15, 0.2) is 5.96 Å². The third-order valence-electron chi connectivity index (χ3n) is 4.39. The van der Waals surface area contributed by atoms with Gasteiger partial charge in [-0.25, -0.2) is 4.98 Å². The molecule has 2 N–H and O–H groups in total. The summed E-state index contributed by atoms with van der Waals surface area (Å²) in [6.45, 7) is 11.0. The van der Waals surface area contributed by atoms with Crippen LogP contribution >= 0.6 is 24.0 Å². The first-order chi connectivity index (χ1) is 14.7. The topological polar surface area (TPSA) is 80.9 Å². The van der Waals surface area contributed by atoms with E-state index in [1.54, 1.807) is 6.26 Å². The molecule has 2 rings (SSSR count). The summed E-state index contributed by atoms with van der Waals surface area (Å²) in [7, 11) is 0. The number of aryl methyl sites for hydroxylation is 1. The van der Waals surface area contributed by atoms with Crippen LogP contribution in [-0.2, 0) is 15.9 Å². The van der Waals surface area contributed by atoms with Gasteiger partial charge in [-0.1, -0.05) is 31.0 Å². The van der Waals surface area contributed by atoms with Gasteiger partial charge in [0.25, 0.3) is 0 Å². The monoisotopic (exact) mass is 544 g/mol. The second-order valence-corrected chi connectivity index (χ2v) is 7.03. The third kappa shape index (κ3) is 11.5. The molecule has 174 valence electrons. The van der Waals surface area contributed by atoms with Crippen molar-refractivity contribution in [1.82, 2.24) is 15.6 Å². The molecule has 8 heteroatoms. The highest BCUT2D eigenvalue weighted by atomic mass is 127. The second kappa shape index (κ2) is 17.0. The molecule has 0 spiro atoms. The number of halogens is 1. The molecule has 2 aromatic rings. The van der Waals surface area contributed by atoms with Crippen molar-refractivity contribution in [2.45, 2.75) is 40.0 Å². The molecular formula is C23H37IN4O3. The third-order valence-corrected chi connectivity index (χ3v) is 4.39. The molecule has 0 amide bonds. The highest BCUT2D eigenvalue weighted by molar-refractivity contribution is 14.0. The number of rotatable bonds is 14. The number of oxazole rings is 1. The number of nitrogens with zero attached hydrogens (tertiary/aromatic N) is 2. The molecule has 7 nitrogen and oxygen atoms in total.